The molecule has 0 radical (unpaired) electrons. The lowest BCUT2D eigenvalue weighted by molar-refractivity contribution is -0.192. The highest BCUT2D eigenvalue weighted by Gasteiger charge is 2.53. The van der Waals surface area contributed by atoms with Gasteiger partial charge in [0.05, 0.1) is 30.5 Å². The predicted octanol–water partition coefficient (Wildman–Crippen LogP) is 1.78. The van der Waals surface area contributed by atoms with Gasteiger partial charge in [-0.15, -0.1) is 0 Å². The molecule has 34 heavy (non-hydrogen) atoms. The number of pyridine rings is 1. The minimum Gasteiger partial charge on any atom is -0.479 e. The number of ether oxygens (including phenoxy) is 1. The molecule has 1 aliphatic carbocycles. The topological polar surface area (TPSA) is 135 Å². The van der Waals surface area contributed by atoms with E-state index in [1.54, 1.807) is 4.57 Å². The Morgan fingerprint density at radius 2 is 1.88 bits per heavy atom. The maximum Gasteiger partial charge on any atom is 0.490 e. The molecule has 2 aromatic rings. The van der Waals surface area contributed by atoms with Gasteiger partial charge in [0.2, 0.25) is 0 Å². The predicted molar refractivity (Wildman–Crippen MR) is 110 cm³/mol. The molecular weight excluding hydrogens is 466 g/mol. The van der Waals surface area contributed by atoms with Crippen molar-refractivity contribution in [2.45, 2.75) is 49.7 Å². The lowest BCUT2D eigenvalue weighted by Crippen LogP contribution is -2.42. The molecule has 1 saturated heterocycles. The monoisotopic (exact) mass is 487 g/mol. The highest BCUT2D eigenvalue weighted by molar-refractivity contribution is 5.91. The van der Waals surface area contributed by atoms with E-state index in [0.29, 0.717) is 42.8 Å². The third kappa shape index (κ3) is 3.88. The maximum absolute atomic E-state index is 15.1. The summed E-state index contributed by atoms with van der Waals surface area (Å²) in [6.45, 7) is 1.09. The molecule has 9 nitrogen and oxygen atoms in total. The molecule has 5 rings (SSSR count). The van der Waals surface area contributed by atoms with E-state index in [0.717, 1.165) is 6.42 Å². The smallest absolute Gasteiger partial charge is 0.479 e. The summed E-state index contributed by atoms with van der Waals surface area (Å²) in [5.41, 5.74) is 6.15. The number of nitrogens with two attached hydrogens (primary N) is 1. The number of hydrogen-bond acceptors (Lipinski definition) is 6. The molecule has 0 spiro atoms. The van der Waals surface area contributed by atoms with Gasteiger partial charge in [0.1, 0.15) is 11.4 Å². The van der Waals surface area contributed by atoms with E-state index in [1.165, 1.54) is 18.3 Å². The summed E-state index contributed by atoms with van der Waals surface area (Å²) in [5, 5.41) is 17.1. The number of aliphatic carboxylic acids is 2. The Labute approximate surface area is 189 Å². The van der Waals surface area contributed by atoms with Gasteiger partial charge in [-0.3, -0.25) is 4.79 Å². The van der Waals surface area contributed by atoms with Crippen LogP contribution in [-0.2, 0) is 26.5 Å². The van der Waals surface area contributed by atoms with Gasteiger partial charge in [0, 0.05) is 35.8 Å². The molecule has 1 aromatic carbocycles. The van der Waals surface area contributed by atoms with Gasteiger partial charge in [0.15, 0.2) is 5.43 Å². The fourth-order valence-electron chi connectivity index (χ4n) is 4.58. The van der Waals surface area contributed by atoms with Crippen LogP contribution in [0.2, 0.25) is 0 Å². The number of alkyl halides is 3. The van der Waals surface area contributed by atoms with Crippen molar-refractivity contribution in [3.63, 3.8) is 0 Å². The number of carbonyl (C=O) groups is 2. The Bertz CT molecular complexity index is 1220. The highest BCUT2D eigenvalue weighted by atomic mass is 19.4. The minimum atomic E-state index is -5.08. The maximum atomic E-state index is 15.1. The molecule has 2 fully saturated rings. The van der Waals surface area contributed by atoms with Crippen molar-refractivity contribution >= 4 is 28.5 Å². The molecule has 3 heterocycles. The van der Waals surface area contributed by atoms with Gasteiger partial charge in [-0.1, -0.05) is 0 Å². The molecule has 1 aromatic heterocycles. The van der Waals surface area contributed by atoms with E-state index in [9.17, 15) is 27.9 Å². The van der Waals surface area contributed by atoms with E-state index >= 15 is 4.39 Å². The number of anilines is 1. The van der Waals surface area contributed by atoms with Crippen molar-refractivity contribution < 1.29 is 42.1 Å². The summed E-state index contributed by atoms with van der Waals surface area (Å²) in [5.74, 6) is -4.19. The molecular formula is C21H21F4N3O6. The van der Waals surface area contributed by atoms with E-state index in [2.05, 4.69) is 0 Å². The van der Waals surface area contributed by atoms with Crippen LogP contribution >= 0.6 is 0 Å². The molecule has 4 N–H and O–H groups in total. The van der Waals surface area contributed by atoms with Crippen LogP contribution in [0.15, 0.2) is 23.1 Å². The number of aromatic nitrogens is 1. The van der Waals surface area contributed by atoms with Crippen LogP contribution in [-0.4, -0.2) is 58.1 Å². The van der Waals surface area contributed by atoms with E-state index < -0.39 is 29.5 Å². The van der Waals surface area contributed by atoms with Crippen molar-refractivity contribution in [3.05, 3.63) is 39.9 Å². The highest BCUT2D eigenvalue weighted by Crippen LogP contribution is 2.47. The number of carboxylic acid groups (broad SMARTS) is 2. The number of halogens is 4. The van der Waals surface area contributed by atoms with Crippen LogP contribution < -0.4 is 16.1 Å². The number of hydrogen-bond donors (Lipinski definition) is 3. The molecule has 1 saturated carbocycles. The zero-order valence-electron chi connectivity index (χ0n) is 17.6. The summed E-state index contributed by atoms with van der Waals surface area (Å²) < 4.78 is 54.3. The molecule has 2 aliphatic heterocycles. The second-order valence-electron chi connectivity index (χ2n) is 8.50. The zero-order valence-corrected chi connectivity index (χ0v) is 17.6. The summed E-state index contributed by atoms with van der Waals surface area (Å²) in [7, 11) is 0. The number of rotatable bonds is 2. The van der Waals surface area contributed by atoms with Crippen LogP contribution in [0.1, 0.15) is 24.8 Å². The van der Waals surface area contributed by atoms with Crippen LogP contribution in [0.3, 0.4) is 0 Å². The zero-order chi connectivity index (χ0) is 25.0. The van der Waals surface area contributed by atoms with Crippen LogP contribution in [0.5, 0.6) is 0 Å². The molecule has 2 atom stereocenters. The standard InChI is InChI=1S/C19H20FN3O4.C2HF3O2/c20-12-7-10-15(24)2-6-23(19(3-4-19)18(25)26)16(10)11-8-27-9-14-13(21)1-5-22(14)17(11)12;3-2(4,5)1(6)7/h2,6-7,13-14H,1,3-5,8-9,21H2,(H,25,26);(H,6,7)/t13-,14-;/m1./s1. The van der Waals surface area contributed by atoms with Crippen molar-refractivity contribution in [1.29, 1.82) is 0 Å². The summed E-state index contributed by atoms with van der Waals surface area (Å²) in [4.78, 5) is 35.2. The number of benzene rings is 1. The van der Waals surface area contributed by atoms with E-state index in [-0.39, 0.29) is 29.5 Å². The quantitative estimate of drug-likeness (QED) is 0.546. The molecule has 3 aliphatic rings. The van der Waals surface area contributed by atoms with E-state index in [1.807, 2.05) is 4.90 Å². The number of carboxylic acids is 2. The Hall–Kier alpha value is -3.19. The molecule has 0 unspecified atom stereocenters. The summed E-state index contributed by atoms with van der Waals surface area (Å²) in [6, 6.07) is 2.30. The van der Waals surface area contributed by atoms with Gasteiger partial charge in [-0.2, -0.15) is 13.2 Å². The Kier molecular flexibility index (Phi) is 5.80. The molecule has 184 valence electrons. The average Bonchev–Trinajstić information content (AvgIpc) is 3.51. The first kappa shape index (κ1) is 24.0. The Balaban J connectivity index is 0.000000344. The SMILES string of the molecule is N[C@@H]1CCN2c3c(F)cc4c(=O)ccn(C5(C(=O)O)CC5)c4c3COC[C@H]12.O=C(O)C(F)(F)F. The molecule has 0 bridgehead atoms. The van der Waals surface area contributed by atoms with Crippen molar-refractivity contribution in [1.82, 2.24) is 4.57 Å². The third-order valence-electron chi connectivity index (χ3n) is 6.45. The van der Waals surface area contributed by atoms with Gasteiger partial charge < -0.3 is 30.2 Å². The second-order valence-corrected chi connectivity index (χ2v) is 8.50. The normalized spacial score (nSPS) is 22.8. The first-order valence-corrected chi connectivity index (χ1v) is 10.4. The second kappa shape index (κ2) is 8.24. The van der Waals surface area contributed by atoms with E-state index in [4.69, 9.17) is 20.4 Å². The van der Waals surface area contributed by atoms with Crippen LogP contribution in [0.4, 0.5) is 23.2 Å². The van der Waals surface area contributed by atoms with Crippen molar-refractivity contribution in [3.8, 4) is 0 Å². The van der Waals surface area contributed by atoms with Crippen molar-refractivity contribution in [2.75, 3.05) is 18.1 Å². The molecule has 13 heteroatoms. The van der Waals surface area contributed by atoms with Gasteiger partial charge in [-0.05, 0) is 25.3 Å². The van der Waals surface area contributed by atoms with Crippen LogP contribution in [0.25, 0.3) is 10.9 Å². The van der Waals surface area contributed by atoms with Crippen LogP contribution in [0, 0.1) is 5.82 Å². The lowest BCUT2D eigenvalue weighted by Gasteiger charge is -2.28. The fourth-order valence-corrected chi connectivity index (χ4v) is 4.58. The van der Waals surface area contributed by atoms with Crippen molar-refractivity contribution in [2.24, 2.45) is 5.73 Å². The van der Waals surface area contributed by atoms with Gasteiger partial charge >= 0.3 is 18.1 Å². The molecule has 0 amide bonds. The summed E-state index contributed by atoms with van der Waals surface area (Å²) in [6.07, 6.45) is -1.89. The number of nitrogens with zero attached hydrogens (tertiary/aromatic N) is 2. The Morgan fingerprint density at radius 1 is 1.24 bits per heavy atom. The first-order chi connectivity index (χ1) is 15.9. The number of fused-ring (bicyclic) bond motifs is 5. The lowest BCUT2D eigenvalue weighted by atomic mass is 10.0. The minimum absolute atomic E-state index is 0.113. The summed E-state index contributed by atoms with van der Waals surface area (Å²) >= 11 is 0. The third-order valence-corrected chi connectivity index (χ3v) is 6.45. The van der Waals surface area contributed by atoms with Gasteiger partial charge in [-0.25, -0.2) is 14.0 Å². The fraction of sp³-hybridized carbons (Fsp3) is 0.476. The average molecular weight is 487 g/mol. The first-order valence-electron chi connectivity index (χ1n) is 10.4. The Morgan fingerprint density at radius 3 is 2.44 bits per heavy atom. The largest absolute Gasteiger partial charge is 0.490 e. The van der Waals surface area contributed by atoms with Gasteiger partial charge in [0.25, 0.3) is 0 Å².